The van der Waals surface area contributed by atoms with Gasteiger partial charge in [-0.2, -0.15) is 0 Å². The summed E-state index contributed by atoms with van der Waals surface area (Å²) in [6.45, 7) is 6.20. The summed E-state index contributed by atoms with van der Waals surface area (Å²) in [6, 6.07) is 14.4. The van der Waals surface area contributed by atoms with Gasteiger partial charge in [-0.1, -0.05) is 18.6 Å². The van der Waals surface area contributed by atoms with Gasteiger partial charge in [0.25, 0.3) is 5.56 Å². The largest absolute Gasteiger partial charge is 0.490 e. The van der Waals surface area contributed by atoms with E-state index in [1.54, 1.807) is 4.57 Å². The molecule has 1 saturated carbocycles. The number of para-hydroxylation sites is 1. The molecule has 5 rings (SSSR count). The first-order valence-electron chi connectivity index (χ1n) is 11.1. The normalized spacial score (nSPS) is 18.5. The summed E-state index contributed by atoms with van der Waals surface area (Å²) < 4.78 is 8.01. The van der Waals surface area contributed by atoms with E-state index in [-0.39, 0.29) is 11.7 Å². The summed E-state index contributed by atoms with van der Waals surface area (Å²) in [7, 11) is 0. The summed E-state index contributed by atoms with van der Waals surface area (Å²) in [5.74, 6) is 1.58. The highest BCUT2D eigenvalue weighted by Crippen LogP contribution is 2.29. The van der Waals surface area contributed by atoms with Gasteiger partial charge in [-0.15, -0.1) is 0 Å². The molecule has 0 unspecified atom stereocenters. The fourth-order valence-electron chi connectivity index (χ4n) is 4.78. The minimum Gasteiger partial charge on any atom is -0.490 e. The first kappa shape index (κ1) is 19.3. The highest BCUT2D eigenvalue weighted by Gasteiger charge is 2.29. The van der Waals surface area contributed by atoms with E-state index in [4.69, 9.17) is 4.74 Å². The van der Waals surface area contributed by atoms with Gasteiger partial charge >= 0.3 is 0 Å². The van der Waals surface area contributed by atoms with Gasteiger partial charge in [0.15, 0.2) is 0 Å². The van der Waals surface area contributed by atoms with Crippen molar-refractivity contribution in [3.8, 4) is 11.4 Å². The van der Waals surface area contributed by atoms with Crippen LogP contribution in [0.3, 0.4) is 0 Å². The van der Waals surface area contributed by atoms with Crippen LogP contribution in [0.2, 0.25) is 0 Å². The number of aryl methyl sites for hydroxylation is 2. The molecule has 2 heterocycles. The van der Waals surface area contributed by atoms with Gasteiger partial charge in [-0.25, -0.2) is 4.98 Å². The lowest BCUT2D eigenvalue weighted by Gasteiger charge is -2.41. The number of rotatable bonds is 4. The summed E-state index contributed by atoms with van der Waals surface area (Å²) in [6.07, 6.45) is 6.58. The monoisotopic (exact) mass is 403 g/mol. The topological polar surface area (TPSA) is 47.4 Å². The van der Waals surface area contributed by atoms with E-state index in [2.05, 4.69) is 16.0 Å². The molecule has 0 spiro atoms. The second-order valence-corrected chi connectivity index (χ2v) is 8.70. The molecule has 1 aliphatic carbocycles. The Morgan fingerprint density at radius 2 is 1.77 bits per heavy atom. The number of likely N-dealkylation sites (tertiary alicyclic amines) is 1. The second kappa shape index (κ2) is 7.88. The third kappa shape index (κ3) is 3.52. The average molecular weight is 404 g/mol. The molecule has 30 heavy (non-hydrogen) atoms. The third-order valence-electron chi connectivity index (χ3n) is 6.72. The number of benzene rings is 2. The predicted octanol–water partition coefficient (Wildman–Crippen LogP) is 4.40. The smallest absolute Gasteiger partial charge is 0.265 e. The predicted molar refractivity (Wildman–Crippen MR) is 120 cm³/mol. The molecule has 1 aromatic heterocycles. The van der Waals surface area contributed by atoms with E-state index in [1.807, 2.05) is 50.2 Å². The fourth-order valence-corrected chi connectivity index (χ4v) is 4.78. The van der Waals surface area contributed by atoms with Crippen molar-refractivity contribution in [1.29, 1.82) is 0 Å². The van der Waals surface area contributed by atoms with Crippen molar-refractivity contribution >= 4 is 10.9 Å². The van der Waals surface area contributed by atoms with Crippen LogP contribution >= 0.6 is 0 Å². The van der Waals surface area contributed by atoms with Crippen molar-refractivity contribution in [1.82, 2.24) is 14.5 Å². The maximum Gasteiger partial charge on any atom is 0.265 e. The van der Waals surface area contributed by atoms with Gasteiger partial charge < -0.3 is 9.64 Å². The van der Waals surface area contributed by atoms with E-state index >= 15 is 0 Å². The van der Waals surface area contributed by atoms with Crippen molar-refractivity contribution in [3.05, 3.63) is 64.2 Å². The molecule has 0 N–H and O–H groups in total. The molecule has 2 aromatic carbocycles. The molecule has 1 saturated heterocycles. The molecule has 2 fully saturated rings. The highest BCUT2D eigenvalue weighted by atomic mass is 16.5. The van der Waals surface area contributed by atoms with Crippen molar-refractivity contribution in [2.45, 2.75) is 58.1 Å². The molecule has 0 amide bonds. The van der Waals surface area contributed by atoms with Crippen LogP contribution in [0.1, 0.15) is 43.5 Å². The van der Waals surface area contributed by atoms with E-state index in [1.165, 1.54) is 19.3 Å². The van der Waals surface area contributed by atoms with Crippen molar-refractivity contribution in [2.24, 2.45) is 0 Å². The molecular formula is C25H29N3O2. The van der Waals surface area contributed by atoms with Crippen LogP contribution in [0.15, 0.2) is 47.3 Å². The van der Waals surface area contributed by atoms with Crippen LogP contribution in [-0.2, 0) is 0 Å². The maximum absolute atomic E-state index is 13.1. The Hall–Kier alpha value is -2.66. The number of aromatic nitrogens is 2. The molecule has 0 atom stereocenters. The summed E-state index contributed by atoms with van der Waals surface area (Å²) in [4.78, 5) is 20.4. The van der Waals surface area contributed by atoms with Crippen LogP contribution in [0.25, 0.3) is 16.6 Å². The molecule has 156 valence electrons. The van der Waals surface area contributed by atoms with Crippen molar-refractivity contribution in [2.75, 3.05) is 13.1 Å². The molecule has 0 radical (unpaired) electrons. The molecule has 0 bridgehead atoms. The highest BCUT2D eigenvalue weighted by molar-refractivity contribution is 5.77. The molecular weight excluding hydrogens is 374 g/mol. The summed E-state index contributed by atoms with van der Waals surface area (Å²) in [5, 5.41) is 0.640. The number of hydrogen-bond acceptors (Lipinski definition) is 4. The standard InChI is InChI=1S/C25H29N3O2/c1-17-16-21(30-20-12-14-27(15-13-20)19-6-5-7-19)10-11-24(17)28-18(2)26-23-9-4-3-8-22(23)25(28)29/h3-4,8-11,16,19-20H,5-7,12-15H2,1-2H3. The average Bonchev–Trinajstić information content (AvgIpc) is 2.70. The lowest BCUT2D eigenvalue weighted by molar-refractivity contribution is 0.0493. The van der Waals surface area contributed by atoms with Crippen LogP contribution in [-0.4, -0.2) is 39.7 Å². The quantitative estimate of drug-likeness (QED) is 0.648. The van der Waals surface area contributed by atoms with E-state index in [9.17, 15) is 4.79 Å². The zero-order chi connectivity index (χ0) is 20.7. The van der Waals surface area contributed by atoms with Crippen LogP contribution < -0.4 is 10.3 Å². The zero-order valence-electron chi connectivity index (χ0n) is 17.8. The van der Waals surface area contributed by atoms with Gasteiger partial charge in [-0.05, 0) is 75.4 Å². The lowest BCUT2D eigenvalue weighted by atomic mass is 9.90. The molecule has 5 heteroatoms. The first-order chi connectivity index (χ1) is 14.6. The minimum absolute atomic E-state index is 0.0294. The van der Waals surface area contributed by atoms with Crippen LogP contribution in [0.4, 0.5) is 0 Å². The maximum atomic E-state index is 13.1. The Labute approximate surface area is 177 Å². The zero-order valence-corrected chi connectivity index (χ0v) is 17.8. The molecule has 5 nitrogen and oxygen atoms in total. The Balaban J connectivity index is 1.35. The van der Waals surface area contributed by atoms with Gasteiger partial charge in [-0.3, -0.25) is 9.36 Å². The minimum atomic E-state index is -0.0294. The number of nitrogens with zero attached hydrogens (tertiary/aromatic N) is 3. The van der Waals surface area contributed by atoms with E-state index in [0.717, 1.165) is 54.5 Å². The Morgan fingerprint density at radius 1 is 1.00 bits per heavy atom. The third-order valence-corrected chi connectivity index (χ3v) is 6.72. The van der Waals surface area contributed by atoms with Gasteiger partial charge in [0.2, 0.25) is 0 Å². The van der Waals surface area contributed by atoms with Gasteiger partial charge in [0.05, 0.1) is 16.6 Å². The Bertz CT molecular complexity index is 1120. The number of piperidine rings is 1. The Morgan fingerprint density at radius 3 is 2.47 bits per heavy atom. The lowest BCUT2D eigenvalue weighted by Crippen LogP contribution is -2.46. The molecule has 2 aliphatic rings. The Kier molecular flexibility index (Phi) is 5.07. The van der Waals surface area contributed by atoms with Gasteiger partial charge in [0.1, 0.15) is 17.7 Å². The summed E-state index contributed by atoms with van der Waals surface area (Å²) >= 11 is 0. The van der Waals surface area contributed by atoms with Crippen LogP contribution in [0, 0.1) is 13.8 Å². The number of fused-ring (bicyclic) bond motifs is 1. The van der Waals surface area contributed by atoms with Crippen molar-refractivity contribution in [3.63, 3.8) is 0 Å². The van der Waals surface area contributed by atoms with Crippen LogP contribution in [0.5, 0.6) is 5.75 Å². The van der Waals surface area contributed by atoms with E-state index < -0.39 is 0 Å². The first-order valence-corrected chi connectivity index (χ1v) is 11.1. The van der Waals surface area contributed by atoms with Gasteiger partial charge in [0, 0.05) is 19.1 Å². The molecule has 3 aromatic rings. The van der Waals surface area contributed by atoms with Crippen molar-refractivity contribution < 1.29 is 4.74 Å². The second-order valence-electron chi connectivity index (χ2n) is 8.70. The summed E-state index contributed by atoms with van der Waals surface area (Å²) in [5.41, 5.74) is 2.59. The molecule has 1 aliphatic heterocycles. The SMILES string of the molecule is Cc1cc(OC2CCN(C3CCC3)CC2)ccc1-n1c(C)nc2ccccc2c1=O. The van der Waals surface area contributed by atoms with E-state index in [0.29, 0.717) is 11.2 Å². The fraction of sp³-hybridized carbons (Fsp3) is 0.440. The number of hydrogen-bond donors (Lipinski definition) is 0. The number of ether oxygens (including phenoxy) is 1.